The van der Waals surface area contributed by atoms with Crippen molar-refractivity contribution in [3.8, 4) is 10.4 Å². The highest BCUT2D eigenvalue weighted by atomic mass is 32.1. The topological polar surface area (TPSA) is 85.2 Å². The van der Waals surface area contributed by atoms with Gasteiger partial charge in [-0.3, -0.25) is 4.99 Å². The molecule has 28 heavy (non-hydrogen) atoms. The minimum absolute atomic E-state index is 0.155. The Morgan fingerprint density at radius 1 is 1.14 bits per heavy atom. The van der Waals surface area contributed by atoms with E-state index < -0.39 is 0 Å². The minimum Gasteiger partial charge on any atom is -0.395 e. The fraction of sp³-hybridized carbons (Fsp3) is 0.238. The zero-order valence-electron chi connectivity index (χ0n) is 15.3. The number of nitrogens with one attached hydrogen (secondary N) is 1. The lowest BCUT2D eigenvalue weighted by Gasteiger charge is -2.21. The number of aliphatic hydroxyl groups is 2. The summed E-state index contributed by atoms with van der Waals surface area (Å²) in [7, 11) is 0. The maximum Gasteiger partial charge on any atom is 0.321 e. The predicted molar refractivity (Wildman–Crippen MR) is 113 cm³/mol. The van der Waals surface area contributed by atoms with E-state index in [0.717, 1.165) is 21.6 Å². The second-order valence-electron chi connectivity index (χ2n) is 6.57. The van der Waals surface area contributed by atoms with Crippen molar-refractivity contribution in [3.05, 3.63) is 53.6 Å². The number of fused-ring (bicyclic) bond motifs is 2. The molecular weight excluding hydrogens is 374 g/mol. The fourth-order valence-electron chi connectivity index (χ4n) is 3.39. The summed E-state index contributed by atoms with van der Waals surface area (Å²) < 4.78 is 1.22. The number of urea groups is 1. The first kappa shape index (κ1) is 18.6. The number of hydrogen-bond donors (Lipinski definition) is 3. The molecular formula is C21H21N3O3S. The molecule has 2 aromatic carbocycles. The number of carbonyl (C=O) groups excluding carboxylic acids is 1. The first-order valence-corrected chi connectivity index (χ1v) is 9.94. The van der Waals surface area contributed by atoms with Gasteiger partial charge < -0.3 is 20.4 Å². The van der Waals surface area contributed by atoms with Gasteiger partial charge in [0.2, 0.25) is 0 Å². The zero-order valence-corrected chi connectivity index (χ0v) is 16.1. The van der Waals surface area contributed by atoms with Crippen LogP contribution < -0.4 is 5.32 Å². The van der Waals surface area contributed by atoms with Crippen LogP contribution in [0.4, 0.5) is 10.5 Å². The van der Waals surface area contributed by atoms with Crippen molar-refractivity contribution in [1.82, 2.24) is 4.90 Å². The Morgan fingerprint density at radius 2 is 1.93 bits per heavy atom. The van der Waals surface area contributed by atoms with Crippen LogP contribution in [0.5, 0.6) is 0 Å². The van der Waals surface area contributed by atoms with Gasteiger partial charge in [-0.05, 0) is 40.8 Å². The molecule has 0 unspecified atom stereocenters. The molecule has 1 aliphatic rings. The summed E-state index contributed by atoms with van der Waals surface area (Å²) >= 11 is 1.72. The van der Waals surface area contributed by atoms with Crippen molar-refractivity contribution < 1.29 is 15.0 Å². The number of carbonyl (C=O) groups is 1. The number of hydrogen-bond acceptors (Lipinski definition) is 5. The largest absolute Gasteiger partial charge is 0.395 e. The molecule has 3 N–H and O–H groups in total. The van der Waals surface area contributed by atoms with E-state index in [0.29, 0.717) is 12.2 Å². The van der Waals surface area contributed by atoms with Crippen molar-refractivity contribution in [3.63, 3.8) is 0 Å². The van der Waals surface area contributed by atoms with Gasteiger partial charge in [-0.2, -0.15) is 0 Å². The third-order valence-corrected chi connectivity index (χ3v) is 5.88. The highest BCUT2D eigenvalue weighted by molar-refractivity contribution is 7.22. The summed E-state index contributed by atoms with van der Waals surface area (Å²) in [5.74, 6) is 0. The number of benzene rings is 2. The molecule has 0 spiro atoms. The molecule has 6 nitrogen and oxygen atoms in total. The number of thiophene rings is 1. The lowest BCUT2D eigenvalue weighted by molar-refractivity contribution is 0.167. The number of nitrogens with zero attached hydrogens (tertiary/aromatic N) is 2. The van der Waals surface area contributed by atoms with E-state index in [4.69, 9.17) is 10.2 Å². The Bertz CT molecular complexity index is 1010. The minimum atomic E-state index is -0.347. The molecule has 0 saturated heterocycles. The summed E-state index contributed by atoms with van der Waals surface area (Å²) in [6.07, 6.45) is 1.83. The molecule has 2 amide bonds. The third kappa shape index (κ3) is 3.64. The van der Waals surface area contributed by atoms with Gasteiger partial charge in [-0.15, -0.1) is 11.3 Å². The maximum absolute atomic E-state index is 12.5. The van der Waals surface area contributed by atoms with Crippen molar-refractivity contribution in [2.45, 2.75) is 6.54 Å². The zero-order chi connectivity index (χ0) is 19.5. The van der Waals surface area contributed by atoms with Crippen LogP contribution in [0.15, 0.2) is 47.5 Å². The van der Waals surface area contributed by atoms with Gasteiger partial charge in [0.05, 0.1) is 19.8 Å². The Morgan fingerprint density at radius 3 is 2.68 bits per heavy atom. The van der Waals surface area contributed by atoms with Crippen molar-refractivity contribution in [2.75, 3.05) is 31.6 Å². The van der Waals surface area contributed by atoms with E-state index in [2.05, 4.69) is 28.5 Å². The average Bonchev–Trinajstić information content (AvgIpc) is 3.33. The summed E-state index contributed by atoms with van der Waals surface area (Å²) in [5.41, 5.74) is 3.90. The number of aliphatic hydroxyl groups excluding tert-OH is 2. The quantitative estimate of drug-likeness (QED) is 0.599. The molecule has 1 aromatic heterocycles. The molecule has 0 atom stereocenters. The number of aliphatic imine (C=N–C) groups is 1. The molecule has 144 valence electrons. The normalized spacial score (nSPS) is 12.4. The van der Waals surface area contributed by atoms with Gasteiger partial charge in [0, 0.05) is 40.1 Å². The van der Waals surface area contributed by atoms with Crippen LogP contribution >= 0.6 is 11.3 Å². The van der Waals surface area contributed by atoms with Crippen molar-refractivity contribution in [1.29, 1.82) is 0 Å². The van der Waals surface area contributed by atoms with Gasteiger partial charge in [0.15, 0.2) is 0 Å². The molecule has 2 heterocycles. The molecule has 0 radical (unpaired) electrons. The van der Waals surface area contributed by atoms with Crippen LogP contribution in [0.1, 0.15) is 11.1 Å². The Balaban J connectivity index is 1.69. The molecule has 0 bridgehead atoms. The lowest BCUT2D eigenvalue weighted by atomic mass is 10.0. The van der Waals surface area contributed by atoms with Crippen molar-refractivity contribution in [2.24, 2.45) is 4.99 Å². The van der Waals surface area contributed by atoms with Crippen LogP contribution in [0, 0.1) is 0 Å². The summed E-state index contributed by atoms with van der Waals surface area (Å²) in [5, 5.41) is 22.4. The molecule has 0 saturated carbocycles. The second-order valence-corrected chi connectivity index (χ2v) is 7.66. The van der Waals surface area contributed by atoms with Gasteiger partial charge >= 0.3 is 6.03 Å². The van der Waals surface area contributed by atoms with Crippen LogP contribution in [0.3, 0.4) is 0 Å². The Hall–Kier alpha value is -2.74. The van der Waals surface area contributed by atoms with Gasteiger partial charge in [0.1, 0.15) is 0 Å². The monoisotopic (exact) mass is 395 g/mol. The van der Waals surface area contributed by atoms with E-state index >= 15 is 0 Å². The maximum atomic E-state index is 12.5. The van der Waals surface area contributed by atoms with E-state index in [-0.39, 0.29) is 32.3 Å². The van der Waals surface area contributed by atoms with Crippen LogP contribution in [0.25, 0.3) is 20.5 Å². The highest BCUT2D eigenvalue weighted by Crippen LogP contribution is 2.39. The van der Waals surface area contributed by atoms with E-state index in [1.54, 1.807) is 11.3 Å². The molecule has 3 aromatic rings. The van der Waals surface area contributed by atoms with Crippen LogP contribution in [-0.4, -0.2) is 53.7 Å². The highest BCUT2D eigenvalue weighted by Gasteiger charge is 2.19. The lowest BCUT2D eigenvalue weighted by Crippen LogP contribution is -2.39. The van der Waals surface area contributed by atoms with Gasteiger partial charge in [0.25, 0.3) is 0 Å². The van der Waals surface area contributed by atoms with E-state index in [9.17, 15) is 4.79 Å². The number of rotatable bonds is 6. The third-order valence-electron chi connectivity index (χ3n) is 4.73. The fourth-order valence-corrected chi connectivity index (χ4v) is 4.49. The number of amides is 2. The predicted octanol–water partition coefficient (Wildman–Crippen LogP) is 3.32. The van der Waals surface area contributed by atoms with Gasteiger partial charge in [-0.1, -0.05) is 18.2 Å². The smallest absolute Gasteiger partial charge is 0.321 e. The first-order valence-electron chi connectivity index (χ1n) is 9.13. The van der Waals surface area contributed by atoms with E-state index in [1.807, 2.05) is 30.5 Å². The second kappa shape index (κ2) is 8.10. The van der Waals surface area contributed by atoms with Crippen molar-refractivity contribution >= 4 is 39.4 Å². The van der Waals surface area contributed by atoms with Crippen LogP contribution in [0.2, 0.25) is 0 Å². The Labute approximate surface area is 166 Å². The summed E-state index contributed by atoms with van der Waals surface area (Å²) in [6.45, 7) is 0.660. The average molecular weight is 395 g/mol. The molecule has 1 aliphatic heterocycles. The molecule has 0 fully saturated rings. The standard InChI is InChI=1S/C21H21N3O3S/c25-7-5-24(6-8-26)21(27)23-16-9-15-12-22-13-18(15)17(11-16)20-10-14-3-1-2-4-19(14)28-20/h1-4,9-12,25-26H,5-8,13H2,(H,23,27). The molecule has 0 aliphatic carbocycles. The molecule has 7 heteroatoms. The Kier molecular flexibility index (Phi) is 5.38. The number of anilines is 1. The first-order chi connectivity index (χ1) is 13.7. The van der Waals surface area contributed by atoms with Gasteiger partial charge in [-0.25, -0.2) is 4.79 Å². The SMILES string of the molecule is O=C(Nc1cc2c(c(-c3cc4ccccc4s3)c1)CN=C2)N(CCO)CCO. The summed E-state index contributed by atoms with van der Waals surface area (Å²) in [6, 6.07) is 14.0. The van der Waals surface area contributed by atoms with E-state index in [1.165, 1.54) is 15.0 Å². The summed E-state index contributed by atoms with van der Waals surface area (Å²) in [4.78, 5) is 19.5. The molecule has 4 rings (SSSR count). The van der Waals surface area contributed by atoms with Crippen LogP contribution in [-0.2, 0) is 6.54 Å².